The molecule has 6 heteroatoms. The maximum Gasteiger partial charge on any atom is 0.321 e. The Labute approximate surface area is 122 Å². The molecular formula is C15H18N2O4. The highest BCUT2D eigenvalue weighted by Gasteiger charge is 2.18. The van der Waals surface area contributed by atoms with Gasteiger partial charge >= 0.3 is 6.03 Å². The average molecular weight is 290 g/mol. The molecular weight excluding hydrogens is 272 g/mol. The molecule has 1 aromatic rings. The number of urea groups is 1. The van der Waals surface area contributed by atoms with Crippen molar-refractivity contribution in [3.05, 3.63) is 29.8 Å². The van der Waals surface area contributed by atoms with Crippen molar-refractivity contribution in [1.29, 1.82) is 0 Å². The van der Waals surface area contributed by atoms with E-state index in [1.807, 2.05) is 0 Å². The summed E-state index contributed by atoms with van der Waals surface area (Å²) in [5, 5.41) is 4.96. The molecule has 0 radical (unpaired) electrons. The van der Waals surface area contributed by atoms with Gasteiger partial charge in [0.05, 0.1) is 5.56 Å². The van der Waals surface area contributed by atoms with Crippen molar-refractivity contribution in [2.75, 3.05) is 6.61 Å². The van der Waals surface area contributed by atoms with Crippen molar-refractivity contribution in [2.24, 2.45) is 0 Å². The Morgan fingerprint density at radius 3 is 2.67 bits per heavy atom. The Balaban J connectivity index is 1.76. The smallest absolute Gasteiger partial charge is 0.321 e. The van der Waals surface area contributed by atoms with E-state index in [0.717, 1.165) is 25.7 Å². The lowest BCUT2D eigenvalue weighted by Gasteiger charge is -2.12. The third-order valence-corrected chi connectivity index (χ3v) is 3.35. The number of imide groups is 1. The fourth-order valence-corrected chi connectivity index (χ4v) is 2.31. The van der Waals surface area contributed by atoms with Gasteiger partial charge in [0, 0.05) is 6.04 Å². The molecule has 1 fully saturated rings. The van der Waals surface area contributed by atoms with Gasteiger partial charge in [0.2, 0.25) is 0 Å². The largest absolute Gasteiger partial charge is 0.483 e. The summed E-state index contributed by atoms with van der Waals surface area (Å²) < 4.78 is 5.24. The van der Waals surface area contributed by atoms with E-state index in [9.17, 15) is 14.4 Å². The molecule has 2 N–H and O–H groups in total. The van der Waals surface area contributed by atoms with E-state index in [1.54, 1.807) is 24.3 Å². The quantitative estimate of drug-likeness (QED) is 0.807. The summed E-state index contributed by atoms with van der Waals surface area (Å²) in [6, 6.07) is 6.23. The highest BCUT2D eigenvalue weighted by molar-refractivity contribution is 5.95. The first kappa shape index (κ1) is 15.0. The molecule has 3 amide bonds. The van der Waals surface area contributed by atoms with Gasteiger partial charge in [-0.1, -0.05) is 25.0 Å². The van der Waals surface area contributed by atoms with Crippen molar-refractivity contribution >= 4 is 18.2 Å². The van der Waals surface area contributed by atoms with Crippen molar-refractivity contribution in [2.45, 2.75) is 31.7 Å². The Hall–Kier alpha value is -2.37. The number of hydrogen-bond donors (Lipinski definition) is 2. The van der Waals surface area contributed by atoms with Crippen LogP contribution in [0.1, 0.15) is 36.0 Å². The van der Waals surface area contributed by atoms with E-state index < -0.39 is 11.9 Å². The molecule has 0 spiro atoms. The first-order valence-corrected chi connectivity index (χ1v) is 6.96. The molecule has 21 heavy (non-hydrogen) atoms. The first-order valence-electron chi connectivity index (χ1n) is 6.96. The Morgan fingerprint density at radius 1 is 1.24 bits per heavy atom. The van der Waals surface area contributed by atoms with Crippen LogP contribution in [0.5, 0.6) is 5.75 Å². The zero-order valence-electron chi connectivity index (χ0n) is 11.6. The number of aldehydes is 1. The van der Waals surface area contributed by atoms with Crippen LogP contribution in [-0.4, -0.2) is 30.9 Å². The maximum atomic E-state index is 11.6. The maximum absolute atomic E-state index is 11.6. The van der Waals surface area contributed by atoms with Gasteiger partial charge < -0.3 is 10.1 Å². The predicted molar refractivity (Wildman–Crippen MR) is 76.3 cm³/mol. The molecule has 2 rings (SSSR count). The molecule has 6 nitrogen and oxygen atoms in total. The van der Waals surface area contributed by atoms with Crippen LogP contribution in [0.4, 0.5) is 4.79 Å². The van der Waals surface area contributed by atoms with Crippen LogP contribution in [0.3, 0.4) is 0 Å². The lowest BCUT2D eigenvalue weighted by molar-refractivity contribution is -0.122. The molecule has 0 bridgehead atoms. The summed E-state index contributed by atoms with van der Waals surface area (Å²) in [6.45, 7) is -0.317. The van der Waals surface area contributed by atoms with Crippen molar-refractivity contribution in [1.82, 2.24) is 10.6 Å². The molecule has 0 saturated heterocycles. The second-order valence-corrected chi connectivity index (χ2v) is 4.95. The molecule has 0 heterocycles. The van der Waals surface area contributed by atoms with Crippen LogP contribution in [0.15, 0.2) is 24.3 Å². The number of benzene rings is 1. The van der Waals surface area contributed by atoms with Crippen LogP contribution in [-0.2, 0) is 4.79 Å². The number of hydrogen-bond acceptors (Lipinski definition) is 4. The van der Waals surface area contributed by atoms with Crippen molar-refractivity contribution < 1.29 is 19.1 Å². The second-order valence-electron chi connectivity index (χ2n) is 4.95. The minimum atomic E-state index is -0.550. The normalized spacial score (nSPS) is 14.5. The zero-order chi connectivity index (χ0) is 15.1. The zero-order valence-corrected chi connectivity index (χ0v) is 11.6. The fourth-order valence-electron chi connectivity index (χ4n) is 2.31. The fraction of sp³-hybridized carbons (Fsp3) is 0.400. The molecule has 0 aromatic heterocycles. The van der Waals surface area contributed by atoms with E-state index in [1.165, 1.54) is 0 Å². The molecule has 0 aliphatic heterocycles. The van der Waals surface area contributed by atoms with Gasteiger partial charge in [0.25, 0.3) is 5.91 Å². The van der Waals surface area contributed by atoms with E-state index in [0.29, 0.717) is 17.6 Å². The molecule has 1 aliphatic carbocycles. The van der Waals surface area contributed by atoms with Gasteiger partial charge in [-0.25, -0.2) is 4.79 Å². The second kappa shape index (κ2) is 7.42. The van der Waals surface area contributed by atoms with Gasteiger partial charge in [-0.2, -0.15) is 0 Å². The SMILES string of the molecule is O=Cc1ccccc1OCC(=O)NC(=O)NC1CCCC1. The van der Waals surface area contributed by atoms with Gasteiger partial charge in [-0.3, -0.25) is 14.9 Å². The van der Waals surface area contributed by atoms with Gasteiger partial charge in [0.1, 0.15) is 5.75 Å². The average Bonchev–Trinajstić information content (AvgIpc) is 2.98. The molecule has 1 aromatic carbocycles. The molecule has 1 aliphatic rings. The summed E-state index contributed by atoms with van der Waals surface area (Å²) in [5.74, 6) is -0.231. The highest BCUT2D eigenvalue weighted by atomic mass is 16.5. The highest BCUT2D eigenvalue weighted by Crippen LogP contribution is 2.17. The Morgan fingerprint density at radius 2 is 1.95 bits per heavy atom. The molecule has 0 atom stereocenters. The first-order chi connectivity index (χ1) is 10.2. The summed E-state index contributed by atoms with van der Waals surface area (Å²) in [5.41, 5.74) is 0.362. The van der Waals surface area contributed by atoms with Crippen LogP contribution in [0.25, 0.3) is 0 Å². The number of carbonyl (C=O) groups excluding carboxylic acids is 3. The van der Waals surface area contributed by atoms with Crippen LogP contribution in [0, 0.1) is 0 Å². The van der Waals surface area contributed by atoms with E-state index in [4.69, 9.17) is 4.74 Å². The van der Waals surface area contributed by atoms with Crippen LogP contribution >= 0.6 is 0 Å². The number of ether oxygens (including phenoxy) is 1. The number of rotatable bonds is 5. The number of carbonyl (C=O) groups is 3. The molecule has 0 unspecified atom stereocenters. The minimum absolute atomic E-state index is 0.148. The third-order valence-electron chi connectivity index (χ3n) is 3.35. The Kier molecular flexibility index (Phi) is 5.31. The van der Waals surface area contributed by atoms with E-state index >= 15 is 0 Å². The van der Waals surface area contributed by atoms with Crippen LogP contribution < -0.4 is 15.4 Å². The van der Waals surface area contributed by atoms with Gasteiger partial charge in [-0.15, -0.1) is 0 Å². The lowest BCUT2D eigenvalue weighted by Crippen LogP contribution is -2.45. The van der Waals surface area contributed by atoms with E-state index in [-0.39, 0.29) is 12.6 Å². The standard InChI is InChI=1S/C15H18N2O4/c18-9-11-5-1-4-8-13(11)21-10-14(19)17-15(20)16-12-6-2-3-7-12/h1,4-5,8-9,12H,2-3,6-7,10H2,(H2,16,17,19,20). The number of amides is 3. The van der Waals surface area contributed by atoms with Gasteiger partial charge in [-0.05, 0) is 25.0 Å². The number of para-hydroxylation sites is 1. The minimum Gasteiger partial charge on any atom is -0.483 e. The van der Waals surface area contributed by atoms with E-state index in [2.05, 4.69) is 10.6 Å². The van der Waals surface area contributed by atoms with Gasteiger partial charge in [0.15, 0.2) is 12.9 Å². The molecule has 112 valence electrons. The Bertz CT molecular complexity index is 524. The topological polar surface area (TPSA) is 84.5 Å². The monoisotopic (exact) mass is 290 g/mol. The van der Waals surface area contributed by atoms with Crippen molar-refractivity contribution in [3.63, 3.8) is 0 Å². The predicted octanol–water partition coefficient (Wildman–Crippen LogP) is 1.65. The molecule has 1 saturated carbocycles. The third kappa shape index (κ3) is 4.59. The van der Waals surface area contributed by atoms with Crippen molar-refractivity contribution in [3.8, 4) is 5.75 Å². The summed E-state index contributed by atoms with van der Waals surface area (Å²) in [6.07, 6.45) is 4.75. The van der Waals surface area contributed by atoms with Crippen LogP contribution in [0.2, 0.25) is 0 Å². The summed E-state index contributed by atoms with van der Waals surface area (Å²) in [7, 11) is 0. The summed E-state index contributed by atoms with van der Waals surface area (Å²) in [4.78, 5) is 34.0. The summed E-state index contributed by atoms with van der Waals surface area (Å²) >= 11 is 0. The number of nitrogens with one attached hydrogen (secondary N) is 2. The lowest BCUT2D eigenvalue weighted by atomic mass is 10.2.